The number of likely N-dealkylation sites (N-methyl/N-ethyl adjacent to an activating group) is 2. The molecule has 5 heteroatoms. The molecule has 0 bridgehead atoms. The first-order chi connectivity index (χ1) is 7.43. The minimum Gasteiger partial charge on any atom is -0.378 e. The van der Waals surface area contributed by atoms with Gasteiger partial charge in [0.2, 0.25) is 5.91 Å². The Labute approximate surface area is 97.3 Å². The lowest BCUT2D eigenvalue weighted by atomic mass is 10.3. The van der Waals surface area contributed by atoms with Gasteiger partial charge in [-0.15, -0.1) is 0 Å². The number of rotatable bonds is 8. The number of ketones is 1. The zero-order valence-corrected chi connectivity index (χ0v) is 10.7. The minimum absolute atomic E-state index is 0.0196. The average molecular weight is 230 g/mol. The van der Waals surface area contributed by atoms with Crippen molar-refractivity contribution in [3.05, 3.63) is 0 Å². The van der Waals surface area contributed by atoms with E-state index >= 15 is 0 Å². The van der Waals surface area contributed by atoms with E-state index in [1.54, 1.807) is 7.05 Å². The summed E-state index contributed by atoms with van der Waals surface area (Å²) in [5.41, 5.74) is 0. The lowest BCUT2D eigenvalue weighted by molar-refractivity contribution is -0.134. The van der Waals surface area contributed by atoms with Gasteiger partial charge in [0.05, 0.1) is 19.6 Å². The zero-order chi connectivity index (χ0) is 12.6. The first kappa shape index (κ1) is 15.1. The Morgan fingerprint density at radius 2 is 1.62 bits per heavy atom. The number of carbonyl (C=O) groups excluding carboxylic acids is 2. The van der Waals surface area contributed by atoms with Crippen molar-refractivity contribution >= 4 is 11.7 Å². The van der Waals surface area contributed by atoms with Gasteiger partial charge < -0.3 is 14.5 Å². The SMILES string of the molecule is CC(=O)CC(=O)N(C)CCOCCN(C)C. The number of hydrogen-bond acceptors (Lipinski definition) is 4. The molecule has 0 saturated carbocycles. The van der Waals surface area contributed by atoms with Crippen molar-refractivity contribution in [2.45, 2.75) is 13.3 Å². The molecule has 5 nitrogen and oxygen atoms in total. The lowest BCUT2D eigenvalue weighted by Gasteiger charge is -2.17. The van der Waals surface area contributed by atoms with Gasteiger partial charge in [-0.1, -0.05) is 0 Å². The van der Waals surface area contributed by atoms with Crippen LogP contribution in [0, 0.1) is 0 Å². The molecule has 0 rings (SSSR count). The predicted octanol–water partition coefficient (Wildman–Crippen LogP) is 0.00210. The smallest absolute Gasteiger partial charge is 0.229 e. The van der Waals surface area contributed by atoms with E-state index in [4.69, 9.17) is 4.74 Å². The molecule has 0 saturated heterocycles. The maximum atomic E-state index is 11.4. The van der Waals surface area contributed by atoms with Gasteiger partial charge in [-0.05, 0) is 21.0 Å². The molecule has 0 aliphatic carbocycles. The monoisotopic (exact) mass is 230 g/mol. The highest BCUT2D eigenvalue weighted by atomic mass is 16.5. The highest BCUT2D eigenvalue weighted by molar-refractivity contribution is 5.96. The second kappa shape index (κ2) is 8.24. The van der Waals surface area contributed by atoms with Gasteiger partial charge in [0.25, 0.3) is 0 Å². The van der Waals surface area contributed by atoms with Gasteiger partial charge in [0.15, 0.2) is 0 Å². The molecular formula is C11H22N2O3. The third-order valence-electron chi connectivity index (χ3n) is 2.08. The Morgan fingerprint density at radius 1 is 1.06 bits per heavy atom. The summed E-state index contributed by atoms with van der Waals surface area (Å²) in [5.74, 6) is -0.255. The van der Waals surface area contributed by atoms with Crippen molar-refractivity contribution < 1.29 is 14.3 Å². The summed E-state index contributed by atoms with van der Waals surface area (Å²) in [6.07, 6.45) is -0.0196. The first-order valence-corrected chi connectivity index (χ1v) is 5.39. The van der Waals surface area contributed by atoms with Gasteiger partial charge in [0, 0.05) is 20.1 Å². The van der Waals surface area contributed by atoms with Crippen LogP contribution in [0.15, 0.2) is 0 Å². The number of amides is 1. The summed E-state index contributed by atoms with van der Waals surface area (Å²) in [6.45, 7) is 3.97. The second-order valence-corrected chi connectivity index (χ2v) is 4.11. The molecule has 0 N–H and O–H groups in total. The van der Waals surface area contributed by atoms with Crippen molar-refractivity contribution in [2.75, 3.05) is 47.4 Å². The van der Waals surface area contributed by atoms with E-state index in [0.29, 0.717) is 19.8 Å². The first-order valence-electron chi connectivity index (χ1n) is 5.39. The number of Topliss-reactive ketones (excluding diaryl/α,β-unsaturated/α-hetero) is 1. The van der Waals surface area contributed by atoms with Crippen LogP contribution in [0.25, 0.3) is 0 Å². The molecule has 0 heterocycles. The Kier molecular flexibility index (Phi) is 7.76. The van der Waals surface area contributed by atoms with Crippen molar-refractivity contribution in [3.63, 3.8) is 0 Å². The largest absolute Gasteiger partial charge is 0.378 e. The van der Waals surface area contributed by atoms with Crippen molar-refractivity contribution in [2.24, 2.45) is 0 Å². The molecule has 0 aliphatic rings. The van der Waals surface area contributed by atoms with Gasteiger partial charge in [-0.25, -0.2) is 0 Å². The third kappa shape index (κ3) is 8.38. The lowest BCUT2D eigenvalue weighted by Crippen LogP contribution is -2.31. The Morgan fingerprint density at radius 3 is 2.12 bits per heavy atom. The topological polar surface area (TPSA) is 49.9 Å². The minimum atomic E-state index is -0.149. The van der Waals surface area contributed by atoms with Gasteiger partial charge in [0.1, 0.15) is 5.78 Å². The highest BCUT2D eigenvalue weighted by Crippen LogP contribution is 1.92. The van der Waals surface area contributed by atoms with E-state index in [2.05, 4.69) is 0 Å². The molecule has 0 aliphatic heterocycles. The van der Waals surface area contributed by atoms with E-state index < -0.39 is 0 Å². The molecule has 0 fully saturated rings. The number of carbonyl (C=O) groups is 2. The summed E-state index contributed by atoms with van der Waals surface area (Å²) < 4.78 is 5.35. The molecule has 94 valence electrons. The van der Waals surface area contributed by atoms with Crippen LogP contribution in [0.2, 0.25) is 0 Å². The maximum Gasteiger partial charge on any atom is 0.229 e. The van der Waals surface area contributed by atoms with Crippen LogP contribution < -0.4 is 0 Å². The molecule has 0 spiro atoms. The van der Waals surface area contributed by atoms with E-state index in [9.17, 15) is 9.59 Å². The van der Waals surface area contributed by atoms with Crippen LogP contribution in [0.1, 0.15) is 13.3 Å². The number of hydrogen-bond donors (Lipinski definition) is 0. The molecule has 0 aromatic rings. The van der Waals surface area contributed by atoms with Crippen LogP contribution in [-0.2, 0) is 14.3 Å². The van der Waals surface area contributed by atoms with Crippen molar-refractivity contribution in [3.8, 4) is 0 Å². The summed E-state index contributed by atoms with van der Waals surface area (Å²) >= 11 is 0. The summed E-state index contributed by atoms with van der Waals surface area (Å²) in [7, 11) is 5.64. The predicted molar refractivity (Wildman–Crippen MR) is 62.3 cm³/mol. The van der Waals surface area contributed by atoms with Gasteiger partial charge in [-0.3, -0.25) is 9.59 Å². The van der Waals surface area contributed by atoms with E-state index in [0.717, 1.165) is 6.54 Å². The average Bonchev–Trinajstić information content (AvgIpc) is 2.15. The van der Waals surface area contributed by atoms with Crippen LogP contribution in [0.5, 0.6) is 0 Å². The van der Waals surface area contributed by atoms with Gasteiger partial charge >= 0.3 is 0 Å². The van der Waals surface area contributed by atoms with Crippen molar-refractivity contribution in [1.82, 2.24) is 9.80 Å². The molecule has 0 aromatic carbocycles. The molecule has 0 atom stereocenters. The van der Waals surface area contributed by atoms with E-state index in [-0.39, 0.29) is 18.1 Å². The number of ether oxygens (including phenoxy) is 1. The van der Waals surface area contributed by atoms with Crippen LogP contribution in [0.3, 0.4) is 0 Å². The zero-order valence-electron chi connectivity index (χ0n) is 10.7. The van der Waals surface area contributed by atoms with E-state index in [1.807, 2.05) is 19.0 Å². The standard InChI is InChI=1S/C11H22N2O3/c1-10(14)9-11(15)13(4)6-8-16-7-5-12(2)3/h5-9H2,1-4H3. The molecule has 16 heavy (non-hydrogen) atoms. The maximum absolute atomic E-state index is 11.4. The molecule has 1 amide bonds. The fourth-order valence-corrected chi connectivity index (χ4v) is 1.02. The normalized spacial score (nSPS) is 10.6. The van der Waals surface area contributed by atoms with Crippen LogP contribution >= 0.6 is 0 Å². The number of nitrogens with zero attached hydrogens (tertiary/aromatic N) is 2. The molecular weight excluding hydrogens is 208 g/mol. The fraction of sp³-hybridized carbons (Fsp3) is 0.818. The second-order valence-electron chi connectivity index (χ2n) is 4.11. The third-order valence-corrected chi connectivity index (χ3v) is 2.08. The van der Waals surface area contributed by atoms with Crippen LogP contribution in [0.4, 0.5) is 0 Å². The quantitative estimate of drug-likeness (QED) is 0.435. The summed E-state index contributed by atoms with van der Waals surface area (Å²) in [5, 5.41) is 0. The van der Waals surface area contributed by atoms with Crippen LogP contribution in [-0.4, -0.2) is 68.9 Å². The fourth-order valence-electron chi connectivity index (χ4n) is 1.02. The summed E-state index contributed by atoms with van der Waals surface area (Å²) in [6, 6.07) is 0. The Balaban J connectivity index is 3.53. The van der Waals surface area contributed by atoms with Gasteiger partial charge in [-0.2, -0.15) is 0 Å². The molecule has 0 aromatic heterocycles. The Bertz CT molecular complexity index is 229. The highest BCUT2D eigenvalue weighted by Gasteiger charge is 2.10. The molecule has 0 radical (unpaired) electrons. The molecule has 0 unspecified atom stereocenters. The van der Waals surface area contributed by atoms with Crippen molar-refractivity contribution in [1.29, 1.82) is 0 Å². The van der Waals surface area contributed by atoms with E-state index in [1.165, 1.54) is 11.8 Å². The Hall–Kier alpha value is -0.940. The summed E-state index contributed by atoms with van der Waals surface area (Å²) in [4.78, 5) is 25.6.